The van der Waals surface area contributed by atoms with Crippen molar-refractivity contribution in [2.24, 2.45) is 11.8 Å². The van der Waals surface area contributed by atoms with Gasteiger partial charge in [0.1, 0.15) is 5.54 Å². The molecule has 0 saturated carbocycles. The first-order chi connectivity index (χ1) is 24.7. The summed E-state index contributed by atoms with van der Waals surface area (Å²) >= 11 is 0. The predicted molar refractivity (Wildman–Crippen MR) is 200 cm³/mol. The number of nitrogens with one attached hydrogen (secondary N) is 1. The molecule has 0 aliphatic carbocycles. The van der Waals surface area contributed by atoms with E-state index >= 15 is 0 Å². The van der Waals surface area contributed by atoms with Gasteiger partial charge in [-0.3, -0.25) is 4.79 Å². The fourth-order valence-corrected chi connectivity index (χ4v) is 6.39. The number of carboxylic acid groups (broad SMARTS) is 1. The molecule has 1 unspecified atom stereocenters. The molecular weight excluding hydrogens is 640 g/mol. The van der Waals surface area contributed by atoms with E-state index in [4.69, 9.17) is 9.47 Å². The number of hydrogen-bond acceptors (Lipinski definition) is 5. The van der Waals surface area contributed by atoms with Gasteiger partial charge in [0.2, 0.25) is 0 Å². The number of fused-ring (bicyclic) bond motifs is 1. The van der Waals surface area contributed by atoms with Crippen LogP contribution in [0.2, 0.25) is 0 Å². The zero-order valence-electron chi connectivity index (χ0n) is 29.5. The molecule has 5 rings (SSSR count). The van der Waals surface area contributed by atoms with Gasteiger partial charge in [0.05, 0.1) is 13.0 Å². The van der Waals surface area contributed by atoms with E-state index in [1.807, 2.05) is 117 Å². The molecule has 2 amide bonds. The van der Waals surface area contributed by atoms with Crippen LogP contribution in [0.1, 0.15) is 37.0 Å². The molecule has 0 heterocycles. The van der Waals surface area contributed by atoms with Crippen LogP contribution in [0.25, 0.3) is 10.8 Å². The maximum absolute atomic E-state index is 14.5. The Kier molecular flexibility index (Phi) is 12.5. The molecule has 8 heteroatoms. The highest BCUT2D eigenvalue weighted by Gasteiger charge is 2.42. The van der Waals surface area contributed by atoms with Gasteiger partial charge in [0.15, 0.2) is 11.5 Å². The van der Waals surface area contributed by atoms with Gasteiger partial charge in [0, 0.05) is 25.9 Å². The molecule has 0 saturated heterocycles. The number of carbonyl (C=O) groups is 3. The maximum Gasteiger partial charge on any atom is 0.330 e. The second kappa shape index (κ2) is 17.3. The molecule has 0 bridgehead atoms. The number of amides is 2. The monoisotopic (exact) mass is 686 g/mol. The highest BCUT2D eigenvalue weighted by Crippen LogP contribution is 2.28. The molecule has 0 aromatic heterocycles. The largest absolute Gasteiger partial charge is 0.493 e. The minimum Gasteiger partial charge on any atom is -0.493 e. The van der Waals surface area contributed by atoms with Gasteiger partial charge in [-0.15, -0.1) is 0 Å². The Morgan fingerprint density at radius 1 is 0.706 bits per heavy atom. The molecule has 5 aromatic carbocycles. The summed E-state index contributed by atoms with van der Waals surface area (Å²) in [5.74, 6) is -1.61. The van der Waals surface area contributed by atoms with E-state index in [9.17, 15) is 19.5 Å². The average molecular weight is 687 g/mol. The van der Waals surface area contributed by atoms with Crippen LogP contribution in [0, 0.1) is 11.8 Å². The number of carboxylic acids is 1. The first-order valence-corrected chi connectivity index (χ1v) is 17.4. The second-order valence-corrected chi connectivity index (χ2v) is 13.4. The molecular formula is C43H46N2O6. The van der Waals surface area contributed by atoms with Crippen LogP contribution < -0.4 is 14.8 Å². The van der Waals surface area contributed by atoms with Crippen LogP contribution in [0.4, 0.5) is 4.79 Å². The molecule has 0 fully saturated rings. The summed E-state index contributed by atoms with van der Waals surface area (Å²) in [6.07, 6.45) is 1.10. The van der Waals surface area contributed by atoms with Crippen LogP contribution >= 0.6 is 0 Å². The van der Waals surface area contributed by atoms with Crippen molar-refractivity contribution < 1.29 is 29.0 Å². The third-order valence-electron chi connectivity index (χ3n) is 8.97. The van der Waals surface area contributed by atoms with Crippen LogP contribution in [0.3, 0.4) is 0 Å². The number of aliphatic carboxylic acids is 1. The number of esters is 1. The van der Waals surface area contributed by atoms with Crippen LogP contribution in [0.5, 0.6) is 11.5 Å². The van der Waals surface area contributed by atoms with Gasteiger partial charge in [-0.1, -0.05) is 129 Å². The number of methoxy groups -OCH3 is 1. The number of aryl methyl sites for hydroxylation is 1. The summed E-state index contributed by atoms with van der Waals surface area (Å²) < 4.78 is 11.3. The zero-order valence-corrected chi connectivity index (χ0v) is 29.5. The molecule has 264 valence electrons. The van der Waals surface area contributed by atoms with Crippen molar-refractivity contribution in [1.82, 2.24) is 10.2 Å². The lowest BCUT2D eigenvalue weighted by molar-refractivity contribution is -0.145. The third kappa shape index (κ3) is 9.97. The molecule has 0 aliphatic rings. The van der Waals surface area contributed by atoms with Crippen molar-refractivity contribution >= 4 is 28.7 Å². The van der Waals surface area contributed by atoms with Crippen molar-refractivity contribution in [3.05, 3.63) is 144 Å². The predicted octanol–water partition coefficient (Wildman–Crippen LogP) is 7.98. The minimum absolute atomic E-state index is 0.0296. The summed E-state index contributed by atoms with van der Waals surface area (Å²) in [7, 11) is 1.51. The molecule has 0 aliphatic heterocycles. The Morgan fingerprint density at radius 2 is 1.29 bits per heavy atom. The Balaban J connectivity index is 1.47. The Labute approximate surface area is 300 Å². The van der Waals surface area contributed by atoms with Crippen molar-refractivity contribution in [3.8, 4) is 11.5 Å². The number of ether oxygens (including phenoxy) is 2. The van der Waals surface area contributed by atoms with E-state index in [0.717, 1.165) is 27.5 Å². The van der Waals surface area contributed by atoms with Gasteiger partial charge < -0.3 is 24.8 Å². The lowest BCUT2D eigenvalue weighted by Crippen LogP contribution is -2.61. The lowest BCUT2D eigenvalue weighted by atomic mass is 9.84. The average Bonchev–Trinajstić information content (AvgIpc) is 3.13. The fraction of sp³-hybridized carbons (Fsp3) is 0.279. The van der Waals surface area contributed by atoms with Crippen LogP contribution in [-0.4, -0.2) is 53.7 Å². The summed E-state index contributed by atoms with van der Waals surface area (Å²) in [6, 6.07) is 39.3. The van der Waals surface area contributed by atoms with Crippen molar-refractivity contribution in [3.63, 3.8) is 0 Å². The van der Waals surface area contributed by atoms with E-state index in [0.29, 0.717) is 25.1 Å². The number of para-hydroxylation sites is 2. The van der Waals surface area contributed by atoms with Gasteiger partial charge in [-0.2, -0.15) is 0 Å². The van der Waals surface area contributed by atoms with E-state index in [1.165, 1.54) is 7.11 Å². The quantitative estimate of drug-likeness (QED) is 0.0806. The van der Waals surface area contributed by atoms with Crippen molar-refractivity contribution in [2.75, 3.05) is 20.2 Å². The molecule has 0 spiro atoms. The summed E-state index contributed by atoms with van der Waals surface area (Å²) in [6.45, 7) is 4.29. The molecule has 8 nitrogen and oxygen atoms in total. The van der Waals surface area contributed by atoms with Gasteiger partial charge in [-0.25, -0.2) is 9.59 Å². The topological polar surface area (TPSA) is 105 Å². The summed E-state index contributed by atoms with van der Waals surface area (Å²) in [4.78, 5) is 43.3. The molecule has 5 aromatic rings. The minimum atomic E-state index is -1.69. The SMILES string of the molecule is COc1ccccc1OC(=O)C(CCc1ccccc1)CN(CC(C)C)C(=O)N[C@@](Cc1ccccc1)(Cc1ccc2ccccc2c1)C(=O)O. The number of benzene rings is 5. The van der Waals surface area contributed by atoms with Gasteiger partial charge >= 0.3 is 18.0 Å². The van der Waals surface area contributed by atoms with Gasteiger partial charge in [-0.05, 0) is 58.4 Å². The number of nitrogens with zero attached hydrogens (tertiary/aromatic N) is 1. The number of urea groups is 1. The Hall–Kier alpha value is -5.63. The fourth-order valence-electron chi connectivity index (χ4n) is 6.39. The molecule has 0 radical (unpaired) electrons. The van der Waals surface area contributed by atoms with E-state index in [2.05, 4.69) is 5.32 Å². The highest BCUT2D eigenvalue weighted by molar-refractivity contribution is 5.88. The number of carbonyl (C=O) groups excluding carboxylic acids is 2. The Morgan fingerprint density at radius 3 is 1.94 bits per heavy atom. The highest BCUT2D eigenvalue weighted by atomic mass is 16.6. The van der Waals surface area contributed by atoms with Crippen molar-refractivity contribution in [2.45, 2.75) is 45.1 Å². The molecule has 2 N–H and O–H groups in total. The van der Waals surface area contributed by atoms with Gasteiger partial charge in [0.25, 0.3) is 0 Å². The molecule has 51 heavy (non-hydrogen) atoms. The smallest absolute Gasteiger partial charge is 0.330 e. The maximum atomic E-state index is 14.5. The number of rotatable bonds is 16. The van der Waals surface area contributed by atoms with E-state index in [-0.39, 0.29) is 31.1 Å². The Bertz CT molecular complexity index is 1910. The van der Waals surface area contributed by atoms with E-state index < -0.39 is 29.4 Å². The first-order valence-electron chi connectivity index (χ1n) is 17.4. The standard InChI is InChI=1S/C43H46N2O6/c1-31(2)29-45(30-37(25-22-32-14-6-4-7-15-32)40(46)51-39-21-13-12-20-38(39)50-3)42(49)44-43(41(47)48,27-33-16-8-5-9-17-33)28-34-23-24-35-18-10-11-19-36(35)26-34/h4-21,23-24,26,31,37H,22,25,27-30H2,1-3H3,(H,44,49)(H,47,48)/t37?,43-/m0/s1. The van der Waals surface area contributed by atoms with Crippen LogP contribution in [-0.2, 0) is 28.9 Å². The summed E-state index contributed by atoms with van der Waals surface area (Å²) in [5, 5.41) is 16.0. The van der Waals surface area contributed by atoms with E-state index in [1.54, 1.807) is 29.2 Å². The number of hydrogen-bond donors (Lipinski definition) is 2. The first kappa shape index (κ1) is 36.6. The second-order valence-electron chi connectivity index (χ2n) is 13.4. The summed E-state index contributed by atoms with van der Waals surface area (Å²) in [5.41, 5.74) is 0.921. The molecule has 2 atom stereocenters. The lowest BCUT2D eigenvalue weighted by Gasteiger charge is -2.35. The van der Waals surface area contributed by atoms with Crippen LogP contribution in [0.15, 0.2) is 127 Å². The normalized spacial score (nSPS) is 12.9. The zero-order chi connectivity index (χ0) is 36.2. The third-order valence-corrected chi connectivity index (χ3v) is 8.97. The van der Waals surface area contributed by atoms with Crippen molar-refractivity contribution in [1.29, 1.82) is 0 Å².